The van der Waals surface area contributed by atoms with Crippen molar-refractivity contribution >= 4 is 11.9 Å². The average molecular weight is 289 g/mol. The summed E-state index contributed by atoms with van der Waals surface area (Å²) < 4.78 is 0. The highest BCUT2D eigenvalue weighted by molar-refractivity contribution is 5.87. The van der Waals surface area contributed by atoms with Crippen LogP contribution in [-0.2, 0) is 11.3 Å². The van der Waals surface area contributed by atoms with Crippen molar-refractivity contribution in [3.63, 3.8) is 0 Å². The van der Waals surface area contributed by atoms with Gasteiger partial charge in [0.25, 0.3) is 0 Å². The fraction of sp³-hybridized carbons (Fsp3) is 0.529. The number of benzene rings is 1. The minimum absolute atomic E-state index is 0.163. The topological polar surface area (TPSA) is 57.6 Å². The molecule has 1 aliphatic carbocycles. The van der Waals surface area contributed by atoms with E-state index in [9.17, 15) is 9.59 Å². The van der Waals surface area contributed by atoms with Gasteiger partial charge in [0.15, 0.2) is 0 Å². The average Bonchev–Trinajstić information content (AvgIpc) is 2.76. The molecule has 0 spiro atoms. The molecule has 0 saturated heterocycles. The van der Waals surface area contributed by atoms with E-state index in [-0.39, 0.29) is 17.4 Å². The molecule has 4 heteroatoms. The predicted octanol–water partition coefficient (Wildman–Crippen LogP) is 3.31. The van der Waals surface area contributed by atoms with Gasteiger partial charge in [-0.25, -0.2) is 4.79 Å². The van der Waals surface area contributed by atoms with Gasteiger partial charge in [-0.05, 0) is 30.5 Å². The van der Waals surface area contributed by atoms with Gasteiger partial charge in [0.05, 0.1) is 5.56 Å². The minimum atomic E-state index is -0.926. The summed E-state index contributed by atoms with van der Waals surface area (Å²) in [6.07, 6.45) is 6.78. The third-order valence-corrected chi connectivity index (χ3v) is 4.20. The van der Waals surface area contributed by atoms with Crippen molar-refractivity contribution in [2.45, 2.75) is 45.1 Å². The lowest BCUT2D eigenvalue weighted by molar-refractivity contribution is -0.135. The van der Waals surface area contributed by atoms with Crippen LogP contribution in [0.3, 0.4) is 0 Å². The molecule has 0 heterocycles. The molecule has 1 saturated carbocycles. The molecule has 114 valence electrons. The number of carbonyl (C=O) groups excluding carboxylic acids is 1. The number of nitrogens with zero attached hydrogens (tertiary/aromatic N) is 1. The van der Waals surface area contributed by atoms with Crippen molar-refractivity contribution in [3.05, 3.63) is 35.4 Å². The maximum Gasteiger partial charge on any atom is 0.335 e. The second kappa shape index (κ2) is 7.25. The first-order valence-corrected chi connectivity index (χ1v) is 7.65. The Hall–Kier alpha value is -1.84. The van der Waals surface area contributed by atoms with E-state index < -0.39 is 5.97 Å². The summed E-state index contributed by atoms with van der Waals surface area (Å²) in [7, 11) is 1.83. The lowest BCUT2D eigenvalue weighted by atomic mass is 9.98. The minimum Gasteiger partial charge on any atom is -0.478 e. The number of carboxylic acids is 1. The molecule has 1 aromatic rings. The third-order valence-electron chi connectivity index (χ3n) is 4.20. The molecule has 1 N–H and O–H groups in total. The van der Waals surface area contributed by atoms with E-state index in [0.717, 1.165) is 31.2 Å². The summed E-state index contributed by atoms with van der Waals surface area (Å²) in [6, 6.07) is 6.73. The molecule has 1 fully saturated rings. The molecular formula is C17H23NO3. The molecule has 1 amide bonds. The van der Waals surface area contributed by atoms with Crippen LogP contribution in [0.2, 0.25) is 0 Å². The largest absolute Gasteiger partial charge is 0.478 e. The summed E-state index contributed by atoms with van der Waals surface area (Å²) in [5, 5.41) is 8.88. The highest BCUT2D eigenvalue weighted by Gasteiger charge is 2.23. The standard InChI is InChI=1S/C17H23NO3/c1-18(16(19)14-6-4-2-3-5-7-14)12-13-8-10-15(11-9-13)17(20)21/h8-11,14H,2-7,12H2,1H3,(H,20,21). The number of hydrogen-bond donors (Lipinski definition) is 1. The number of aromatic carboxylic acids is 1. The first-order chi connectivity index (χ1) is 10.1. The zero-order valence-corrected chi connectivity index (χ0v) is 12.5. The van der Waals surface area contributed by atoms with Gasteiger partial charge < -0.3 is 10.0 Å². The van der Waals surface area contributed by atoms with Crippen LogP contribution in [-0.4, -0.2) is 28.9 Å². The monoisotopic (exact) mass is 289 g/mol. The molecule has 1 aliphatic rings. The van der Waals surface area contributed by atoms with Crippen LogP contribution in [0.1, 0.15) is 54.4 Å². The van der Waals surface area contributed by atoms with Gasteiger partial charge in [-0.2, -0.15) is 0 Å². The quantitative estimate of drug-likeness (QED) is 0.865. The van der Waals surface area contributed by atoms with E-state index in [1.165, 1.54) is 12.8 Å². The van der Waals surface area contributed by atoms with Crippen LogP contribution in [0.4, 0.5) is 0 Å². The summed E-state index contributed by atoms with van der Waals surface area (Å²) in [6.45, 7) is 0.537. The Morgan fingerprint density at radius 1 is 1.10 bits per heavy atom. The van der Waals surface area contributed by atoms with Crippen LogP contribution in [0.5, 0.6) is 0 Å². The molecule has 1 aromatic carbocycles. The third kappa shape index (κ3) is 4.31. The van der Waals surface area contributed by atoms with Crippen molar-refractivity contribution < 1.29 is 14.7 Å². The van der Waals surface area contributed by atoms with Crippen molar-refractivity contribution in [2.75, 3.05) is 7.05 Å². The number of amides is 1. The second-order valence-corrected chi connectivity index (χ2v) is 5.88. The SMILES string of the molecule is CN(Cc1ccc(C(=O)O)cc1)C(=O)C1CCCCCC1. The number of rotatable bonds is 4. The Labute approximate surface area is 125 Å². The van der Waals surface area contributed by atoms with Gasteiger partial charge in [0.2, 0.25) is 5.91 Å². The van der Waals surface area contributed by atoms with Gasteiger partial charge in [-0.1, -0.05) is 37.8 Å². The van der Waals surface area contributed by atoms with E-state index in [1.54, 1.807) is 29.2 Å². The Kier molecular flexibility index (Phi) is 5.37. The molecular weight excluding hydrogens is 266 g/mol. The second-order valence-electron chi connectivity index (χ2n) is 5.88. The zero-order valence-electron chi connectivity index (χ0n) is 12.5. The normalized spacial score (nSPS) is 16.2. The highest BCUT2D eigenvalue weighted by atomic mass is 16.4. The molecule has 4 nitrogen and oxygen atoms in total. The lowest BCUT2D eigenvalue weighted by Crippen LogP contribution is -2.32. The van der Waals surface area contributed by atoms with Crippen molar-refractivity contribution in [1.29, 1.82) is 0 Å². The molecule has 0 unspecified atom stereocenters. The number of carboxylic acid groups (broad SMARTS) is 1. The summed E-state index contributed by atoms with van der Waals surface area (Å²) in [4.78, 5) is 25.0. The van der Waals surface area contributed by atoms with E-state index in [0.29, 0.717) is 6.54 Å². The van der Waals surface area contributed by atoms with Crippen molar-refractivity contribution in [1.82, 2.24) is 4.90 Å². The number of hydrogen-bond acceptors (Lipinski definition) is 2. The van der Waals surface area contributed by atoms with Gasteiger partial charge >= 0.3 is 5.97 Å². The van der Waals surface area contributed by atoms with E-state index in [1.807, 2.05) is 7.05 Å². The van der Waals surface area contributed by atoms with Crippen LogP contribution in [0.15, 0.2) is 24.3 Å². The summed E-state index contributed by atoms with van der Waals surface area (Å²) in [5.41, 5.74) is 1.24. The van der Waals surface area contributed by atoms with Gasteiger partial charge in [-0.3, -0.25) is 4.79 Å². The predicted molar refractivity (Wildman–Crippen MR) is 81.1 cm³/mol. The smallest absolute Gasteiger partial charge is 0.335 e. The molecule has 2 rings (SSSR count). The van der Waals surface area contributed by atoms with E-state index in [4.69, 9.17) is 5.11 Å². The van der Waals surface area contributed by atoms with Crippen molar-refractivity contribution in [3.8, 4) is 0 Å². The van der Waals surface area contributed by atoms with Crippen LogP contribution in [0, 0.1) is 5.92 Å². The van der Waals surface area contributed by atoms with Gasteiger partial charge in [0, 0.05) is 19.5 Å². The van der Waals surface area contributed by atoms with E-state index >= 15 is 0 Å². The fourth-order valence-corrected chi connectivity index (χ4v) is 2.94. The van der Waals surface area contributed by atoms with Crippen molar-refractivity contribution in [2.24, 2.45) is 5.92 Å². The van der Waals surface area contributed by atoms with Crippen LogP contribution in [0.25, 0.3) is 0 Å². The zero-order chi connectivity index (χ0) is 15.2. The van der Waals surface area contributed by atoms with Gasteiger partial charge in [-0.15, -0.1) is 0 Å². The molecule has 21 heavy (non-hydrogen) atoms. The molecule has 0 aromatic heterocycles. The molecule has 0 radical (unpaired) electrons. The first kappa shape index (κ1) is 15.5. The molecule has 0 aliphatic heterocycles. The summed E-state index contributed by atoms with van der Waals surface area (Å²) in [5.74, 6) is -0.542. The Morgan fingerprint density at radius 3 is 2.19 bits per heavy atom. The van der Waals surface area contributed by atoms with Crippen LogP contribution < -0.4 is 0 Å². The lowest BCUT2D eigenvalue weighted by Gasteiger charge is -2.23. The number of carbonyl (C=O) groups is 2. The fourth-order valence-electron chi connectivity index (χ4n) is 2.94. The van der Waals surface area contributed by atoms with E-state index in [2.05, 4.69) is 0 Å². The highest BCUT2D eigenvalue weighted by Crippen LogP contribution is 2.24. The first-order valence-electron chi connectivity index (χ1n) is 7.65. The Bertz CT molecular complexity index is 487. The Balaban J connectivity index is 1.94. The van der Waals surface area contributed by atoms with Crippen LogP contribution >= 0.6 is 0 Å². The maximum atomic E-state index is 12.5. The molecule has 0 atom stereocenters. The summed E-state index contributed by atoms with van der Waals surface area (Å²) >= 11 is 0. The maximum absolute atomic E-state index is 12.5. The van der Waals surface area contributed by atoms with Gasteiger partial charge in [0.1, 0.15) is 0 Å². The molecule has 0 bridgehead atoms. The Morgan fingerprint density at radius 2 is 1.67 bits per heavy atom.